The third-order valence-electron chi connectivity index (χ3n) is 3.94. The molecule has 1 aromatic heterocycles. The Labute approximate surface area is 172 Å². The molecule has 29 heavy (non-hydrogen) atoms. The molecule has 1 heterocycles. The summed E-state index contributed by atoms with van der Waals surface area (Å²) in [6.45, 7) is 4.34. The van der Waals surface area contributed by atoms with Gasteiger partial charge in [0, 0.05) is 23.9 Å². The molecule has 0 radical (unpaired) electrons. The molecule has 1 unspecified atom stereocenters. The molecule has 150 valence electrons. The fourth-order valence-electron chi connectivity index (χ4n) is 2.59. The average Bonchev–Trinajstić information content (AvgIpc) is 3.14. The zero-order valence-corrected chi connectivity index (χ0v) is 16.4. The molecule has 0 aliphatic carbocycles. The van der Waals surface area contributed by atoms with Crippen LogP contribution in [-0.2, 0) is 6.54 Å². The summed E-state index contributed by atoms with van der Waals surface area (Å²) in [4.78, 5) is 10.3. The summed E-state index contributed by atoms with van der Waals surface area (Å²) in [5, 5.41) is 30.2. The second-order valence-electron chi connectivity index (χ2n) is 6.10. The van der Waals surface area contributed by atoms with E-state index in [0.717, 1.165) is 11.4 Å². The number of benzene rings is 2. The molecule has 9 heteroatoms. The third kappa shape index (κ3) is 5.43. The fourth-order valence-corrected chi connectivity index (χ4v) is 3.44. The van der Waals surface area contributed by atoms with Crippen molar-refractivity contribution in [2.24, 2.45) is 0 Å². The summed E-state index contributed by atoms with van der Waals surface area (Å²) in [5.41, 5.74) is 0.889. The molecule has 8 nitrogen and oxygen atoms in total. The molecule has 0 fully saturated rings. The molecular formula is C20H20N4O4S. The van der Waals surface area contributed by atoms with Crippen LogP contribution < -0.4 is 4.74 Å². The minimum atomic E-state index is -0.784. The van der Waals surface area contributed by atoms with Crippen LogP contribution in [0.15, 0.2) is 72.4 Å². The van der Waals surface area contributed by atoms with Crippen molar-refractivity contribution in [2.45, 2.75) is 17.8 Å². The van der Waals surface area contributed by atoms with Gasteiger partial charge >= 0.3 is 0 Å². The Morgan fingerprint density at radius 3 is 2.76 bits per heavy atom. The van der Waals surface area contributed by atoms with E-state index in [1.54, 1.807) is 12.1 Å². The van der Waals surface area contributed by atoms with Crippen LogP contribution in [0.25, 0.3) is 11.4 Å². The molecule has 2 aromatic carbocycles. The zero-order valence-electron chi connectivity index (χ0n) is 15.5. The number of nitrogens with zero attached hydrogens (tertiary/aromatic N) is 4. The third-order valence-corrected chi connectivity index (χ3v) is 5.05. The number of allylic oxidation sites excluding steroid dienone is 1. The van der Waals surface area contributed by atoms with E-state index >= 15 is 0 Å². The number of aromatic nitrogens is 3. The molecule has 0 saturated carbocycles. The van der Waals surface area contributed by atoms with Crippen LogP contribution in [0, 0.1) is 10.1 Å². The monoisotopic (exact) mass is 412 g/mol. The molecule has 0 bridgehead atoms. The van der Waals surface area contributed by atoms with E-state index in [4.69, 9.17) is 4.74 Å². The van der Waals surface area contributed by atoms with E-state index < -0.39 is 11.0 Å². The summed E-state index contributed by atoms with van der Waals surface area (Å²) in [7, 11) is 0. The molecule has 3 aromatic rings. The Kier molecular flexibility index (Phi) is 6.99. The van der Waals surface area contributed by atoms with Gasteiger partial charge in [-0.3, -0.25) is 14.7 Å². The summed E-state index contributed by atoms with van der Waals surface area (Å²) >= 11 is 1.36. The van der Waals surface area contributed by atoms with Gasteiger partial charge in [0.2, 0.25) is 0 Å². The van der Waals surface area contributed by atoms with Gasteiger partial charge in [-0.25, -0.2) is 0 Å². The largest absolute Gasteiger partial charge is 0.491 e. The highest BCUT2D eigenvalue weighted by molar-refractivity contribution is 7.99. The molecule has 3 rings (SSSR count). The first-order chi connectivity index (χ1) is 14.1. The number of nitro groups is 1. The van der Waals surface area contributed by atoms with Crippen molar-refractivity contribution in [1.29, 1.82) is 0 Å². The number of hydrogen-bond acceptors (Lipinski definition) is 7. The van der Waals surface area contributed by atoms with Gasteiger partial charge in [0.1, 0.15) is 12.4 Å². The van der Waals surface area contributed by atoms with Gasteiger partial charge in [-0.05, 0) is 6.07 Å². The number of ether oxygens (including phenoxy) is 1. The number of non-ortho nitro benzene ring substituents is 1. The second-order valence-corrected chi connectivity index (χ2v) is 7.09. The first-order valence-electron chi connectivity index (χ1n) is 8.86. The van der Waals surface area contributed by atoms with Gasteiger partial charge in [0.25, 0.3) is 5.69 Å². The van der Waals surface area contributed by atoms with Gasteiger partial charge in [0.05, 0.1) is 17.1 Å². The van der Waals surface area contributed by atoms with Crippen LogP contribution in [0.3, 0.4) is 0 Å². The lowest BCUT2D eigenvalue weighted by Gasteiger charge is -2.12. The number of hydrogen-bond donors (Lipinski definition) is 1. The summed E-state index contributed by atoms with van der Waals surface area (Å²) in [6.07, 6.45) is 0.982. The Morgan fingerprint density at radius 1 is 1.24 bits per heavy atom. The highest BCUT2D eigenvalue weighted by Crippen LogP contribution is 2.25. The van der Waals surface area contributed by atoms with Crippen molar-refractivity contribution in [3.05, 3.63) is 77.4 Å². The molecule has 0 spiro atoms. The van der Waals surface area contributed by atoms with Crippen molar-refractivity contribution in [3.63, 3.8) is 0 Å². The number of thioether (sulfide) groups is 1. The molecule has 1 atom stereocenters. The normalized spacial score (nSPS) is 11.8. The predicted octanol–water partition coefficient (Wildman–Crippen LogP) is 3.57. The van der Waals surface area contributed by atoms with E-state index in [2.05, 4.69) is 16.8 Å². The smallest absolute Gasteiger partial charge is 0.273 e. The van der Waals surface area contributed by atoms with Gasteiger partial charge < -0.3 is 9.84 Å². The van der Waals surface area contributed by atoms with E-state index in [1.807, 2.05) is 34.9 Å². The molecular weight excluding hydrogens is 392 g/mol. The Balaban J connectivity index is 1.61. The standard InChI is InChI=1S/C20H20N4O4S/c1-2-11-23-19(15-7-4-3-5-8-15)21-22-20(23)29-14-17(25)13-28-18-10-6-9-16(12-18)24(26)27/h2-10,12,17,25H,1,11,13-14H2. The minimum absolute atomic E-state index is 0.00923. The van der Waals surface area contributed by atoms with Crippen LogP contribution in [0.5, 0.6) is 5.75 Å². The number of aliphatic hydroxyl groups is 1. The topological polar surface area (TPSA) is 103 Å². The van der Waals surface area contributed by atoms with Crippen molar-refractivity contribution in [1.82, 2.24) is 14.8 Å². The molecule has 1 N–H and O–H groups in total. The maximum Gasteiger partial charge on any atom is 0.273 e. The van der Waals surface area contributed by atoms with Crippen LogP contribution in [0.4, 0.5) is 5.69 Å². The van der Waals surface area contributed by atoms with Crippen LogP contribution in [-0.4, -0.2) is 43.3 Å². The predicted molar refractivity (Wildman–Crippen MR) is 111 cm³/mol. The molecule has 0 saturated heterocycles. The van der Waals surface area contributed by atoms with Crippen molar-refractivity contribution >= 4 is 17.4 Å². The lowest BCUT2D eigenvalue weighted by atomic mass is 10.2. The molecule has 0 amide bonds. The SMILES string of the molecule is C=CCn1c(SCC(O)COc2cccc([N+](=O)[O-])c2)nnc1-c1ccccc1. The van der Waals surface area contributed by atoms with E-state index in [0.29, 0.717) is 23.2 Å². The van der Waals surface area contributed by atoms with Gasteiger partial charge in [-0.15, -0.1) is 16.8 Å². The van der Waals surface area contributed by atoms with Gasteiger partial charge in [-0.1, -0.05) is 54.2 Å². The molecule has 0 aliphatic rings. The zero-order chi connectivity index (χ0) is 20.6. The number of aliphatic hydroxyl groups excluding tert-OH is 1. The van der Waals surface area contributed by atoms with Crippen LogP contribution in [0.2, 0.25) is 0 Å². The lowest BCUT2D eigenvalue weighted by molar-refractivity contribution is -0.384. The van der Waals surface area contributed by atoms with Crippen LogP contribution >= 0.6 is 11.8 Å². The van der Waals surface area contributed by atoms with Crippen LogP contribution in [0.1, 0.15) is 0 Å². The highest BCUT2D eigenvalue weighted by Gasteiger charge is 2.16. The lowest BCUT2D eigenvalue weighted by Crippen LogP contribution is -2.20. The Bertz CT molecular complexity index is 978. The highest BCUT2D eigenvalue weighted by atomic mass is 32.2. The quantitative estimate of drug-likeness (QED) is 0.235. The Hall–Kier alpha value is -3.17. The van der Waals surface area contributed by atoms with Gasteiger partial charge in [0.15, 0.2) is 11.0 Å². The summed E-state index contributed by atoms with van der Waals surface area (Å²) < 4.78 is 7.40. The maximum atomic E-state index is 10.8. The maximum absolute atomic E-state index is 10.8. The first-order valence-corrected chi connectivity index (χ1v) is 9.84. The molecule has 0 aliphatic heterocycles. The van der Waals surface area contributed by atoms with Gasteiger partial charge in [-0.2, -0.15) is 0 Å². The second kappa shape index (κ2) is 9.85. The fraction of sp³-hybridized carbons (Fsp3) is 0.200. The first kappa shape index (κ1) is 20.6. The van der Waals surface area contributed by atoms with Crippen molar-refractivity contribution < 1.29 is 14.8 Å². The average molecular weight is 412 g/mol. The number of nitro benzene ring substituents is 1. The van der Waals surface area contributed by atoms with Crippen molar-refractivity contribution in [3.8, 4) is 17.1 Å². The van der Waals surface area contributed by atoms with Crippen molar-refractivity contribution in [2.75, 3.05) is 12.4 Å². The summed E-state index contributed by atoms with van der Waals surface area (Å²) in [5.74, 6) is 1.40. The number of rotatable bonds is 10. The van der Waals surface area contributed by atoms with E-state index in [9.17, 15) is 15.2 Å². The Morgan fingerprint density at radius 2 is 2.03 bits per heavy atom. The summed E-state index contributed by atoms with van der Waals surface area (Å²) in [6, 6.07) is 15.6. The van der Waals surface area contributed by atoms with E-state index in [-0.39, 0.29) is 12.3 Å². The minimum Gasteiger partial charge on any atom is -0.491 e. The van der Waals surface area contributed by atoms with E-state index in [1.165, 1.54) is 30.0 Å².